The Bertz CT molecular complexity index is 1080. The monoisotopic (exact) mass is 396 g/mol. The van der Waals surface area contributed by atoms with Crippen molar-refractivity contribution < 1.29 is 9.53 Å². The maximum Gasteiger partial charge on any atom is 0.260 e. The predicted octanol–water partition coefficient (Wildman–Crippen LogP) is 1.14. The number of aryl methyl sites for hydroxylation is 1. The molecule has 1 fully saturated rings. The van der Waals surface area contributed by atoms with Crippen molar-refractivity contribution in [2.24, 2.45) is 10.7 Å². The van der Waals surface area contributed by atoms with Crippen molar-refractivity contribution in [2.45, 2.75) is 44.8 Å². The Labute approximate surface area is 167 Å². The summed E-state index contributed by atoms with van der Waals surface area (Å²) in [6.45, 7) is 2.36. The first-order valence-electron chi connectivity index (χ1n) is 9.73. The topological polar surface area (TPSA) is 138 Å². The molecule has 2 aromatic heterocycles. The highest BCUT2D eigenvalue weighted by molar-refractivity contribution is 6.12. The van der Waals surface area contributed by atoms with Crippen LogP contribution in [-0.4, -0.2) is 45.9 Å². The lowest BCUT2D eigenvalue weighted by Crippen LogP contribution is -2.33. The molecule has 4 rings (SSSR count). The Hall–Kier alpha value is -3.07. The van der Waals surface area contributed by atoms with Crippen LogP contribution in [0.3, 0.4) is 0 Å². The molecule has 1 saturated carbocycles. The highest BCUT2D eigenvalue weighted by Gasteiger charge is 2.27. The van der Waals surface area contributed by atoms with E-state index in [1.165, 1.54) is 0 Å². The Morgan fingerprint density at radius 3 is 2.69 bits per heavy atom. The summed E-state index contributed by atoms with van der Waals surface area (Å²) < 4.78 is 7.31. The van der Waals surface area contributed by atoms with Gasteiger partial charge in [0.2, 0.25) is 11.9 Å². The lowest BCUT2D eigenvalue weighted by Gasteiger charge is -2.30. The number of allylic oxidation sites excluding steroid dienone is 1. The molecule has 3 heterocycles. The van der Waals surface area contributed by atoms with E-state index in [2.05, 4.69) is 15.0 Å². The Morgan fingerprint density at radius 2 is 2.03 bits per heavy atom. The maximum atomic E-state index is 13.5. The summed E-state index contributed by atoms with van der Waals surface area (Å²) in [7, 11) is 0. The van der Waals surface area contributed by atoms with Gasteiger partial charge in [0.05, 0.1) is 18.3 Å². The van der Waals surface area contributed by atoms with Crippen LogP contribution in [0.5, 0.6) is 0 Å². The minimum atomic E-state index is -0.476. The minimum Gasteiger partial charge on any atom is -0.368 e. The van der Waals surface area contributed by atoms with Gasteiger partial charge in [-0.15, -0.1) is 0 Å². The molecule has 2 aliphatic rings. The molecule has 4 N–H and O–H groups in total. The van der Waals surface area contributed by atoms with Crippen molar-refractivity contribution in [3.63, 3.8) is 0 Å². The third-order valence-electron chi connectivity index (χ3n) is 5.53. The van der Waals surface area contributed by atoms with Crippen molar-refractivity contribution >= 4 is 34.7 Å². The standard InChI is InChI=1S/C20H24N6O3/c1-11-15-8-16(12-6-7-23-9-12)19(28)26(18(15)25-20(22)24-11)13-2-4-14(5-3-13)29-10-17(21)27/h6,8-9,13-14H,2-5,7,10H2,1H3,(H2,21,27)(H2,22,24,25). The van der Waals surface area contributed by atoms with E-state index in [0.29, 0.717) is 17.8 Å². The Kier molecular flexibility index (Phi) is 5.14. The largest absolute Gasteiger partial charge is 0.368 e. The number of aromatic nitrogens is 3. The summed E-state index contributed by atoms with van der Waals surface area (Å²) >= 11 is 0. The fourth-order valence-electron chi connectivity index (χ4n) is 4.12. The van der Waals surface area contributed by atoms with E-state index in [1.54, 1.807) is 10.8 Å². The van der Waals surface area contributed by atoms with Crippen LogP contribution in [0.1, 0.15) is 43.0 Å². The van der Waals surface area contributed by atoms with Crippen LogP contribution in [0.2, 0.25) is 0 Å². The SMILES string of the molecule is Cc1nc(N)nc2c1cc(C1=CCN=C1)c(=O)n2C1CCC(OCC(N)=O)CC1. The van der Waals surface area contributed by atoms with Crippen LogP contribution in [0.15, 0.2) is 21.9 Å². The first-order chi connectivity index (χ1) is 13.9. The van der Waals surface area contributed by atoms with Gasteiger partial charge in [-0.05, 0) is 38.7 Å². The average molecular weight is 396 g/mol. The van der Waals surface area contributed by atoms with Crippen LogP contribution in [-0.2, 0) is 9.53 Å². The summed E-state index contributed by atoms with van der Waals surface area (Å²) in [5.41, 5.74) is 13.7. The number of anilines is 1. The zero-order valence-electron chi connectivity index (χ0n) is 16.3. The Balaban J connectivity index is 1.75. The van der Waals surface area contributed by atoms with Gasteiger partial charge in [-0.3, -0.25) is 19.1 Å². The third-order valence-corrected chi connectivity index (χ3v) is 5.53. The van der Waals surface area contributed by atoms with Gasteiger partial charge in [0.1, 0.15) is 12.3 Å². The highest BCUT2D eigenvalue weighted by atomic mass is 16.5. The van der Waals surface area contributed by atoms with E-state index in [1.807, 2.05) is 19.1 Å². The molecule has 2 aromatic rings. The van der Waals surface area contributed by atoms with Gasteiger partial charge in [-0.2, -0.15) is 4.98 Å². The molecule has 0 aromatic carbocycles. The van der Waals surface area contributed by atoms with Crippen molar-refractivity contribution in [3.05, 3.63) is 33.8 Å². The molecule has 1 aliphatic carbocycles. The number of hydrogen-bond acceptors (Lipinski definition) is 7. The molecule has 0 radical (unpaired) electrons. The summed E-state index contributed by atoms with van der Waals surface area (Å²) in [5.74, 6) is -0.327. The van der Waals surface area contributed by atoms with Gasteiger partial charge in [0.25, 0.3) is 5.56 Å². The number of nitrogens with zero attached hydrogens (tertiary/aromatic N) is 4. The predicted molar refractivity (Wildman–Crippen MR) is 111 cm³/mol. The fourth-order valence-corrected chi connectivity index (χ4v) is 4.12. The second kappa shape index (κ2) is 7.75. The second-order valence-electron chi connectivity index (χ2n) is 7.50. The number of aliphatic imine (C=N–C) groups is 1. The van der Waals surface area contributed by atoms with E-state index >= 15 is 0 Å². The number of carbonyl (C=O) groups is 1. The van der Waals surface area contributed by atoms with E-state index in [4.69, 9.17) is 16.2 Å². The number of fused-ring (bicyclic) bond motifs is 1. The van der Waals surface area contributed by atoms with Crippen molar-refractivity contribution in [1.29, 1.82) is 0 Å². The molecule has 29 heavy (non-hydrogen) atoms. The van der Waals surface area contributed by atoms with Crippen LogP contribution < -0.4 is 17.0 Å². The quantitative estimate of drug-likeness (QED) is 0.777. The number of primary amides is 1. The summed E-state index contributed by atoms with van der Waals surface area (Å²) in [5, 5.41) is 0.808. The number of hydrogen-bond donors (Lipinski definition) is 2. The first-order valence-corrected chi connectivity index (χ1v) is 9.73. The summed E-state index contributed by atoms with van der Waals surface area (Å²) in [6, 6.07) is 1.80. The van der Waals surface area contributed by atoms with Gasteiger partial charge < -0.3 is 16.2 Å². The number of nitrogen functional groups attached to an aromatic ring is 1. The number of pyridine rings is 1. The zero-order valence-corrected chi connectivity index (χ0v) is 16.3. The number of rotatable bonds is 5. The molecular weight excluding hydrogens is 372 g/mol. The third kappa shape index (κ3) is 3.77. The first kappa shape index (κ1) is 19.3. The van der Waals surface area contributed by atoms with E-state index < -0.39 is 5.91 Å². The fraction of sp³-hybridized carbons (Fsp3) is 0.450. The maximum absolute atomic E-state index is 13.5. The number of nitrogens with two attached hydrogens (primary N) is 2. The van der Waals surface area contributed by atoms with E-state index in [9.17, 15) is 9.59 Å². The lowest BCUT2D eigenvalue weighted by molar-refractivity contribution is -0.125. The smallest absolute Gasteiger partial charge is 0.260 e. The van der Waals surface area contributed by atoms with Crippen molar-refractivity contribution in [1.82, 2.24) is 14.5 Å². The molecule has 0 atom stereocenters. The van der Waals surface area contributed by atoms with Gasteiger partial charge >= 0.3 is 0 Å². The van der Waals surface area contributed by atoms with Gasteiger partial charge in [0.15, 0.2) is 0 Å². The molecule has 152 valence electrons. The van der Waals surface area contributed by atoms with Gasteiger partial charge in [0, 0.05) is 28.8 Å². The minimum absolute atomic E-state index is 0.0324. The van der Waals surface area contributed by atoms with Crippen molar-refractivity contribution in [3.8, 4) is 0 Å². The summed E-state index contributed by atoms with van der Waals surface area (Å²) in [6.07, 6.45) is 6.58. The summed E-state index contributed by atoms with van der Waals surface area (Å²) in [4.78, 5) is 37.3. The molecule has 1 amide bonds. The molecule has 0 unspecified atom stereocenters. The van der Waals surface area contributed by atoms with Crippen LogP contribution in [0.25, 0.3) is 16.6 Å². The number of amides is 1. The average Bonchev–Trinajstić information content (AvgIpc) is 3.21. The highest BCUT2D eigenvalue weighted by Crippen LogP contribution is 2.32. The number of ether oxygens (including phenoxy) is 1. The normalized spacial score (nSPS) is 21.5. The molecule has 0 bridgehead atoms. The lowest BCUT2D eigenvalue weighted by atomic mass is 9.92. The van der Waals surface area contributed by atoms with E-state index in [-0.39, 0.29) is 30.3 Å². The molecule has 9 nitrogen and oxygen atoms in total. The molecule has 1 aliphatic heterocycles. The van der Waals surface area contributed by atoms with Crippen LogP contribution in [0.4, 0.5) is 5.95 Å². The molecule has 9 heteroatoms. The zero-order chi connectivity index (χ0) is 20.5. The van der Waals surface area contributed by atoms with Crippen molar-refractivity contribution in [2.75, 3.05) is 18.9 Å². The van der Waals surface area contributed by atoms with Crippen LogP contribution >= 0.6 is 0 Å². The molecule has 0 saturated heterocycles. The van der Waals surface area contributed by atoms with Crippen LogP contribution in [0, 0.1) is 6.92 Å². The molecule has 0 spiro atoms. The van der Waals surface area contributed by atoms with Gasteiger partial charge in [-0.1, -0.05) is 6.08 Å². The number of carbonyl (C=O) groups excluding carboxylic acids is 1. The Morgan fingerprint density at radius 1 is 1.28 bits per heavy atom. The second-order valence-corrected chi connectivity index (χ2v) is 7.50. The van der Waals surface area contributed by atoms with Gasteiger partial charge in [-0.25, -0.2) is 4.98 Å². The molecular formula is C20H24N6O3. The van der Waals surface area contributed by atoms with E-state index in [0.717, 1.165) is 42.3 Å².